The first-order chi connectivity index (χ1) is 10.8. The average Bonchev–Trinajstić information content (AvgIpc) is 2.48. The molecule has 9 heteroatoms. The van der Waals surface area contributed by atoms with Crippen LogP contribution in [0.4, 0.5) is 28.9 Å². The minimum atomic E-state index is -4.69. The molecule has 0 amide bonds. The van der Waals surface area contributed by atoms with Crippen LogP contribution in [0.5, 0.6) is 0 Å². The van der Waals surface area contributed by atoms with Gasteiger partial charge in [-0.05, 0) is 18.2 Å². The van der Waals surface area contributed by atoms with Gasteiger partial charge in [0.15, 0.2) is 0 Å². The van der Waals surface area contributed by atoms with Gasteiger partial charge in [0, 0.05) is 11.6 Å². The molecule has 0 aliphatic heterocycles. The number of benzene rings is 2. The molecule has 2 aromatic rings. The Labute approximate surface area is 127 Å². The van der Waals surface area contributed by atoms with Crippen LogP contribution in [-0.4, -0.2) is 11.1 Å². The van der Waals surface area contributed by atoms with Crippen molar-refractivity contribution in [2.75, 3.05) is 5.43 Å². The lowest BCUT2D eigenvalue weighted by Gasteiger charge is -2.08. The SMILES string of the molecule is O=[N+]([O-])c1cc(C(F)(F)F)ccc1N/N=C\c1ccccc1F. The molecule has 0 saturated carbocycles. The number of anilines is 1. The molecule has 120 valence electrons. The molecule has 5 nitrogen and oxygen atoms in total. The van der Waals surface area contributed by atoms with Crippen molar-refractivity contribution in [3.05, 3.63) is 69.5 Å². The highest BCUT2D eigenvalue weighted by Crippen LogP contribution is 2.34. The Morgan fingerprint density at radius 1 is 1.17 bits per heavy atom. The fourth-order valence-corrected chi connectivity index (χ4v) is 1.70. The van der Waals surface area contributed by atoms with E-state index >= 15 is 0 Å². The predicted molar refractivity (Wildman–Crippen MR) is 75.7 cm³/mol. The van der Waals surface area contributed by atoms with Crippen molar-refractivity contribution in [2.24, 2.45) is 5.10 Å². The lowest BCUT2D eigenvalue weighted by atomic mass is 10.1. The zero-order valence-electron chi connectivity index (χ0n) is 11.3. The second kappa shape index (κ2) is 6.42. The van der Waals surface area contributed by atoms with Gasteiger partial charge in [-0.2, -0.15) is 18.3 Å². The number of nitrogens with zero attached hydrogens (tertiary/aromatic N) is 2. The molecule has 0 unspecified atom stereocenters. The molecule has 0 radical (unpaired) electrons. The third kappa shape index (κ3) is 4.02. The standard InChI is InChI=1S/C14H9F4N3O2/c15-11-4-2-1-3-9(11)8-19-20-12-6-5-10(14(16,17)18)7-13(12)21(22)23/h1-8,20H/b19-8-. The van der Waals surface area contributed by atoms with Crippen molar-refractivity contribution >= 4 is 17.6 Å². The molecule has 23 heavy (non-hydrogen) atoms. The number of hydrogen-bond donors (Lipinski definition) is 1. The van der Waals surface area contributed by atoms with Crippen LogP contribution in [0.25, 0.3) is 0 Å². The third-order valence-electron chi connectivity index (χ3n) is 2.82. The van der Waals surface area contributed by atoms with E-state index in [-0.39, 0.29) is 11.3 Å². The summed E-state index contributed by atoms with van der Waals surface area (Å²) in [6.45, 7) is 0. The smallest absolute Gasteiger partial charge is 0.272 e. The van der Waals surface area contributed by atoms with Gasteiger partial charge in [0.1, 0.15) is 11.5 Å². The summed E-state index contributed by atoms with van der Waals surface area (Å²) in [5, 5.41) is 14.5. The molecule has 0 bridgehead atoms. The Kier molecular flexibility index (Phi) is 4.58. The summed E-state index contributed by atoms with van der Waals surface area (Å²) in [6.07, 6.45) is -3.63. The van der Waals surface area contributed by atoms with Crippen molar-refractivity contribution in [2.45, 2.75) is 6.18 Å². The molecule has 2 rings (SSSR count). The van der Waals surface area contributed by atoms with Crippen LogP contribution in [0.1, 0.15) is 11.1 Å². The predicted octanol–water partition coefficient (Wildman–Crippen LogP) is 4.20. The Bertz CT molecular complexity index is 760. The number of nitro benzene ring substituents is 1. The number of halogens is 4. The van der Waals surface area contributed by atoms with E-state index in [2.05, 4.69) is 10.5 Å². The van der Waals surface area contributed by atoms with Crippen molar-refractivity contribution in [1.82, 2.24) is 0 Å². The molecule has 0 aromatic heterocycles. The zero-order valence-corrected chi connectivity index (χ0v) is 11.3. The largest absolute Gasteiger partial charge is 0.416 e. The molecule has 0 spiro atoms. The highest BCUT2D eigenvalue weighted by molar-refractivity contribution is 5.80. The summed E-state index contributed by atoms with van der Waals surface area (Å²) in [5.41, 5.74) is 0.190. The van der Waals surface area contributed by atoms with Crippen LogP contribution in [0.15, 0.2) is 47.6 Å². The fourth-order valence-electron chi connectivity index (χ4n) is 1.70. The van der Waals surface area contributed by atoms with Gasteiger partial charge in [-0.1, -0.05) is 18.2 Å². The molecular weight excluding hydrogens is 318 g/mol. The van der Waals surface area contributed by atoms with E-state index in [9.17, 15) is 27.7 Å². The molecule has 0 saturated heterocycles. The molecule has 0 fully saturated rings. The maximum Gasteiger partial charge on any atom is 0.416 e. The second-order valence-corrected chi connectivity index (χ2v) is 4.38. The average molecular weight is 327 g/mol. The Morgan fingerprint density at radius 3 is 2.48 bits per heavy atom. The number of nitro groups is 1. The zero-order chi connectivity index (χ0) is 17.0. The van der Waals surface area contributed by atoms with Gasteiger partial charge in [0.05, 0.1) is 16.7 Å². The first-order valence-electron chi connectivity index (χ1n) is 6.18. The van der Waals surface area contributed by atoms with Crippen molar-refractivity contribution < 1.29 is 22.5 Å². The second-order valence-electron chi connectivity index (χ2n) is 4.38. The molecular formula is C14H9F4N3O2. The molecule has 0 aliphatic carbocycles. The molecule has 0 aliphatic rings. The Morgan fingerprint density at radius 2 is 1.87 bits per heavy atom. The van der Waals surface area contributed by atoms with E-state index in [1.807, 2.05) is 0 Å². The van der Waals surface area contributed by atoms with Gasteiger partial charge >= 0.3 is 6.18 Å². The van der Waals surface area contributed by atoms with Gasteiger partial charge in [-0.25, -0.2) is 4.39 Å². The fraction of sp³-hybridized carbons (Fsp3) is 0.0714. The summed E-state index contributed by atoms with van der Waals surface area (Å²) in [5.74, 6) is -0.556. The van der Waals surface area contributed by atoms with Crippen LogP contribution in [0, 0.1) is 15.9 Å². The number of hydrazone groups is 1. The van der Waals surface area contributed by atoms with E-state index in [4.69, 9.17) is 0 Å². The van der Waals surface area contributed by atoms with Gasteiger partial charge in [0.25, 0.3) is 5.69 Å². The number of nitrogens with one attached hydrogen (secondary N) is 1. The molecule has 0 atom stereocenters. The molecule has 1 N–H and O–H groups in total. The van der Waals surface area contributed by atoms with Crippen molar-refractivity contribution in [3.63, 3.8) is 0 Å². The summed E-state index contributed by atoms with van der Waals surface area (Å²) < 4.78 is 51.1. The lowest BCUT2D eigenvalue weighted by Crippen LogP contribution is -2.06. The lowest BCUT2D eigenvalue weighted by molar-refractivity contribution is -0.384. The Balaban J connectivity index is 2.26. The van der Waals surface area contributed by atoms with Crippen LogP contribution in [0.3, 0.4) is 0 Å². The summed E-state index contributed by atoms with van der Waals surface area (Å²) in [6, 6.07) is 7.63. The van der Waals surface area contributed by atoms with Crippen LogP contribution >= 0.6 is 0 Å². The topological polar surface area (TPSA) is 67.5 Å². The third-order valence-corrected chi connectivity index (χ3v) is 2.82. The minimum absolute atomic E-state index is 0.120. The summed E-state index contributed by atoms with van der Waals surface area (Å²) >= 11 is 0. The number of alkyl halides is 3. The van der Waals surface area contributed by atoms with E-state index < -0.39 is 28.2 Å². The number of hydrogen-bond acceptors (Lipinski definition) is 4. The monoisotopic (exact) mass is 327 g/mol. The van der Waals surface area contributed by atoms with Crippen LogP contribution < -0.4 is 5.43 Å². The van der Waals surface area contributed by atoms with Crippen molar-refractivity contribution in [1.29, 1.82) is 0 Å². The van der Waals surface area contributed by atoms with E-state index in [0.717, 1.165) is 12.3 Å². The minimum Gasteiger partial charge on any atom is -0.272 e. The first kappa shape index (κ1) is 16.4. The van der Waals surface area contributed by atoms with Gasteiger partial charge in [-0.3, -0.25) is 15.5 Å². The van der Waals surface area contributed by atoms with Gasteiger partial charge in [-0.15, -0.1) is 0 Å². The van der Waals surface area contributed by atoms with Crippen molar-refractivity contribution in [3.8, 4) is 0 Å². The van der Waals surface area contributed by atoms with Gasteiger partial charge in [0.2, 0.25) is 0 Å². The normalized spacial score (nSPS) is 11.7. The maximum absolute atomic E-state index is 13.4. The quantitative estimate of drug-likeness (QED) is 0.396. The highest BCUT2D eigenvalue weighted by atomic mass is 19.4. The van der Waals surface area contributed by atoms with E-state index in [1.165, 1.54) is 18.2 Å². The highest BCUT2D eigenvalue weighted by Gasteiger charge is 2.33. The van der Waals surface area contributed by atoms with Crippen LogP contribution in [0.2, 0.25) is 0 Å². The number of rotatable bonds is 4. The first-order valence-corrected chi connectivity index (χ1v) is 6.18. The van der Waals surface area contributed by atoms with E-state index in [0.29, 0.717) is 12.1 Å². The maximum atomic E-state index is 13.4. The summed E-state index contributed by atoms with van der Waals surface area (Å²) in [7, 11) is 0. The molecule has 0 heterocycles. The van der Waals surface area contributed by atoms with Gasteiger partial charge < -0.3 is 0 Å². The van der Waals surface area contributed by atoms with E-state index in [1.54, 1.807) is 6.07 Å². The molecule has 2 aromatic carbocycles. The van der Waals surface area contributed by atoms with Crippen LogP contribution in [-0.2, 0) is 6.18 Å². The summed E-state index contributed by atoms with van der Waals surface area (Å²) in [4.78, 5) is 9.91. The Hall–Kier alpha value is -2.97.